The summed E-state index contributed by atoms with van der Waals surface area (Å²) in [6, 6.07) is -0.319. The summed E-state index contributed by atoms with van der Waals surface area (Å²) in [6.07, 6.45) is 6.03. The Morgan fingerprint density at radius 3 is 3.11 bits per heavy atom. The molecule has 94 valence electrons. The molecule has 0 aliphatic carbocycles. The molecule has 1 aromatic heterocycles. The summed E-state index contributed by atoms with van der Waals surface area (Å²) < 4.78 is 0. The van der Waals surface area contributed by atoms with E-state index in [1.54, 1.807) is 28.0 Å². The van der Waals surface area contributed by atoms with Crippen molar-refractivity contribution < 1.29 is 4.79 Å². The molecule has 1 amide bonds. The van der Waals surface area contributed by atoms with Gasteiger partial charge in [-0.25, -0.2) is 4.98 Å². The molecule has 0 bridgehead atoms. The van der Waals surface area contributed by atoms with Crippen LogP contribution >= 0.6 is 23.1 Å². The van der Waals surface area contributed by atoms with Crippen molar-refractivity contribution in [2.24, 2.45) is 5.73 Å². The van der Waals surface area contributed by atoms with Crippen molar-refractivity contribution in [3.63, 3.8) is 0 Å². The van der Waals surface area contributed by atoms with Gasteiger partial charge in [0.05, 0.1) is 11.2 Å². The van der Waals surface area contributed by atoms with Crippen LogP contribution < -0.4 is 5.73 Å². The molecule has 1 aromatic rings. The molecule has 3 rings (SSSR count). The van der Waals surface area contributed by atoms with Gasteiger partial charge in [0.25, 0.3) is 0 Å². The van der Waals surface area contributed by atoms with Crippen LogP contribution in [0.3, 0.4) is 0 Å². The number of carbonyl (C=O) groups is 1. The summed E-state index contributed by atoms with van der Waals surface area (Å²) in [5, 5.41) is 0.139. The number of thiazole rings is 1. The lowest BCUT2D eigenvalue weighted by Crippen LogP contribution is -2.65. The molecule has 2 aliphatic rings. The van der Waals surface area contributed by atoms with E-state index in [1.807, 2.05) is 18.6 Å². The third-order valence-corrected chi connectivity index (χ3v) is 5.34. The van der Waals surface area contributed by atoms with Gasteiger partial charge in [0, 0.05) is 16.8 Å². The minimum absolute atomic E-state index is 0.0204. The van der Waals surface area contributed by atoms with E-state index in [-0.39, 0.29) is 17.3 Å². The summed E-state index contributed by atoms with van der Waals surface area (Å²) in [7, 11) is 0. The summed E-state index contributed by atoms with van der Waals surface area (Å²) in [5.74, 6) is 0.920. The van der Waals surface area contributed by atoms with Crippen molar-refractivity contribution in [3.05, 3.63) is 33.9 Å². The molecule has 1 saturated heterocycles. The molecule has 2 N–H and O–H groups in total. The van der Waals surface area contributed by atoms with Gasteiger partial charge in [-0.1, -0.05) is 6.08 Å². The quantitative estimate of drug-likeness (QED) is 0.835. The van der Waals surface area contributed by atoms with Crippen LogP contribution in [0.5, 0.6) is 0 Å². The molecule has 2 aliphatic heterocycles. The van der Waals surface area contributed by atoms with Crippen LogP contribution in [0.15, 0.2) is 23.4 Å². The second kappa shape index (κ2) is 4.53. The fourth-order valence-electron chi connectivity index (χ4n) is 1.97. The zero-order valence-electron chi connectivity index (χ0n) is 9.87. The fraction of sp³-hybridized carbons (Fsp3) is 0.333. The van der Waals surface area contributed by atoms with Gasteiger partial charge < -0.3 is 10.6 Å². The standard InChI is InChI=1S/C12H13N3OS2/c1-7-9(18-6-14-7)3-2-8-4-15-11(16)10(13)12(15)17-5-8/h2-4,6,10,12H,5,13H2,1H3/b3-2-/t10?,12-/m1/s1. The van der Waals surface area contributed by atoms with Crippen LogP contribution in [0.4, 0.5) is 0 Å². The van der Waals surface area contributed by atoms with Gasteiger partial charge in [-0.2, -0.15) is 0 Å². The summed E-state index contributed by atoms with van der Waals surface area (Å²) in [4.78, 5) is 18.6. The van der Waals surface area contributed by atoms with E-state index in [9.17, 15) is 4.79 Å². The number of thioether (sulfide) groups is 1. The van der Waals surface area contributed by atoms with E-state index in [4.69, 9.17) is 5.73 Å². The first-order valence-corrected chi connectivity index (χ1v) is 7.58. The van der Waals surface area contributed by atoms with Crippen molar-refractivity contribution in [3.8, 4) is 0 Å². The van der Waals surface area contributed by atoms with Crippen LogP contribution in [-0.2, 0) is 4.79 Å². The second-order valence-electron chi connectivity index (χ2n) is 4.31. The Balaban J connectivity index is 1.75. The zero-order chi connectivity index (χ0) is 12.7. The molecule has 0 saturated carbocycles. The highest BCUT2D eigenvalue weighted by Gasteiger charge is 2.45. The van der Waals surface area contributed by atoms with Crippen LogP contribution in [0.25, 0.3) is 6.08 Å². The smallest absolute Gasteiger partial charge is 0.247 e. The number of aromatic nitrogens is 1. The number of carbonyl (C=O) groups excluding carboxylic acids is 1. The Hall–Kier alpha value is -1.11. The van der Waals surface area contributed by atoms with E-state index in [0.717, 1.165) is 21.9 Å². The lowest BCUT2D eigenvalue weighted by molar-refractivity contribution is -0.140. The van der Waals surface area contributed by atoms with Crippen LogP contribution in [-0.4, -0.2) is 33.0 Å². The number of allylic oxidation sites excluding steroid dienone is 1. The number of aryl methyl sites for hydroxylation is 1. The monoisotopic (exact) mass is 279 g/mol. The van der Waals surface area contributed by atoms with E-state index >= 15 is 0 Å². The van der Waals surface area contributed by atoms with Gasteiger partial charge in [0.2, 0.25) is 5.91 Å². The minimum Gasteiger partial charge on any atom is -0.317 e. The number of hydrogen-bond donors (Lipinski definition) is 1. The van der Waals surface area contributed by atoms with Crippen molar-refractivity contribution >= 4 is 35.1 Å². The van der Waals surface area contributed by atoms with E-state index in [0.29, 0.717) is 0 Å². The number of rotatable bonds is 2. The van der Waals surface area contributed by atoms with Crippen molar-refractivity contribution in [2.75, 3.05) is 5.75 Å². The number of β-lactam (4-membered cyclic amide) rings is 1. The van der Waals surface area contributed by atoms with Crippen molar-refractivity contribution in [1.29, 1.82) is 0 Å². The lowest BCUT2D eigenvalue weighted by atomic mass is 10.1. The third-order valence-electron chi connectivity index (χ3n) is 3.08. The Kier molecular flexibility index (Phi) is 3.01. The topological polar surface area (TPSA) is 59.2 Å². The fourth-order valence-corrected chi connectivity index (χ4v) is 3.85. The Morgan fingerprint density at radius 1 is 1.56 bits per heavy atom. The molecule has 0 spiro atoms. The SMILES string of the molecule is Cc1ncsc1/C=C\C1=CN2C(=O)C(N)[C@H]2SC1. The molecule has 6 heteroatoms. The number of nitrogens with zero attached hydrogens (tertiary/aromatic N) is 2. The molecule has 0 radical (unpaired) electrons. The highest BCUT2D eigenvalue weighted by molar-refractivity contribution is 8.00. The largest absolute Gasteiger partial charge is 0.317 e. The number of nitrogens with two attached hydrogens (primary N) is 1. The molecule has 4 nitrogen and oxygen atoms in total. The Labute approximate surface area is 114 Å². The molecule has 3 heterocycles. The van der Waals surface area contributed by atoms with Gasteiger partial charge in [0.1, 0.15) is 11.4 Å². The van der Waals surface area contributed by atoms with E-state index in [2.05, 4.69) is 17.1 Å². The third kappa shape index (κ3) is 1.90. The van der Waals surface area contributed by atoms with Crippen LogP contribution in [0.2, 0.25) is 0 Å². The summed E-state index contributed by atoms with van der Waals surface area (Å²) in [6.45, 7) is 1.99. The van der Waals surface area contributed by atoms with Gasteiger partial charge in [0.15, 0.2) is 0 Å². The average molecular weight is 279 g/mol. The molecular weight excluding hydrogens is 266 g/mol. The predicted octanol–water partition coefficient (Wildman–Crippen LogP) is 1.59. The number of hydrogen-bond acceptors (Lipinski definition) is 5. The van der Waals surface area contributed by atoms with Crippen LogP contribution in [0, 0.1) is 6.92 Å². The molecule has 1 unspecified atom stereocenters. The van der Waals surface area contributed by atoms with Crippen molar-refractivity contribution in [2.45, 2.75) is 18.3 Å². The van der Waals surface area contributed by atoms with Crippen LogP contribution in [0.1, 0.15) is 10.6 Å². The molecular formula is C12H13N3OS2. The van der Waals surface area contributed by atoms with E-state index in [1.165, 1.54) is 0 Å². The van der Waals surface area contributed by atoms with Crippen molar-refractivity contribution in [1.82, 2.24) is 9.88 Å². The summed E-state index contributed by atoms with van der Waals surface area (Å²) in [5.41, 5.74) is 9.75. The Morgan fingerprint density at radius 2 is 2.39 bits per heavy atom. The number of fused-ring (bicyclic) bond motifs is 1. The maximum Gasteiger partial charge on any atom is 0.247 e. The zero-order valence-corrected chi connectivity index (χ0v) is 11.5. The summed E-state index contributed by atoms with van der Waals surface area (Å²) >= 11 is 3.34. The first kappa shape index (κ1) is 12.0. The first-order valence-electron chi connectivity index (χ1n) is 5.65. The van der Waals surface area contributed by atoms with Gasteiger partial charge >= 0.3 is 0 Å². The average Bonchev–Trinajstić information content (AvgIpc) is 2.80. The lowest BCUT2D eigenvalue weighted by Gasteiger charge is -2.45. The first-order chi connectivity index (χ1) is 8.66. The molecule has 18 heavy (non-hydrogen) atoms. The van der Waals surface area contributed by atoms with Gasteiger partial charge in [-0.05, 0) is 18.6 Å². The Bertz CT molecular complexity index is 549. The highest BCUT2D eigenvalue weighted by atomic mass is 32.2. The molecule has 0 aromatic carbocycles. The number of amides is 1. The normalized spacial score (nSPS) is 27.1. The van der Waals surface area contributed by atoms with E-state index < -0.39 is 0 Å². The maximum absolute atomic E-state index is 11.5. The predicted molar refractivity (Wildman–Crippen MR) is 75.0 cm³/mol. The molecule has 2 atom stereocenters. The minimum atomic E-state index is -0.319. The maximum atomic E-state index is 11.5. The molecule has 1 fully saturated rings. The van der Waals surface area contributed by atoms with Gasteiger partial charge in [-0.15, -0.1) is 23.1 Å². The second-order valence-corrected chi connectivity index (χ2v) is 6.30. The highest BCUT2D eigenvalue weighted by Crippen LogP contribution is 2.35. The van der Waals surface area contributed by atoms with Gasteiger partial charge in [-0.3, -0.25) is 4.79 Å².